The van der Waals surface area contributed by atoms with Gasteiger partial charge in [0.1, 0.15) is 5.82 Å². The number of para-hydroxylation sites is 1. The molecule has 6 nitrogen and oxygen atoms in total. The van der Waals surface area contributed by atoms with Crippen molar-refractivity contribution in [3.8, 4) is 39.6 Å². The smallest absolute Gasteiger partial charge is 0.154 e. The Balaban J connectivity index is 1.42. The Bertz CT molecular complexity index is 1760. The summed E-state index contributed by atoms with van der Waals surface area (Å²) in [5.41, 5.74) is 16.9. The van der Waals surface area contributed by atoms with Crippen molar-refractivity contribution in [2.24, 2.45) is 5.73 Å². The van der Waals surface area contributed by atoms with Crippen LogP contribution in [0.5, 0.6) is 0 Å². The molecule has 1 saturated carbocycles. The summed E-state index contributed by atoms with van der Waals surface area (Å²) in [6, 6.07) is 23.4. The summed E-state index contributed by atoms with van der Waals surface area (Å²) in [4.78, 5) is 14.8. The summed E-state index contributed by atoms with van der Waals surface area (Å²) in [6.07, 6.45) is 12.2. The highest BCUT2D eigenvalue weighted by atomic mass is 15.2. The van der Waals surface area contributed by atoms with E-state index in [-0.39, 0.29) is 5.54 Å². The number of allylic oxidation sites excluding steroid dienone is 1. The number of nitrogens with zero attached hydrogens (tertiary/aromatic N) is 4. The number of benzene rings is 2. The van der Waals surface area contributed by atoms with Crippen molar-refractivity contribution < 1.29 is 0 Å². The van der Waals surface area contributed by atoms with Gasteiger partial charge in [-0.3, -0.25) is 9.55 Å². The van der Waals surface area contributed by atoms with Crippen LogP contribution >= 0.6 is 0 Å². The van der Waals surface area contributed by atoms with E-state index in [2.05, 4.69) is 76.6 Å². The number of hydrogen-bond acceptors (Lipinski definition) is 5. The summed E-state index contributed by atoms with van der Waals surface area (Å²) in [6.45, 7) is 0. The lowest BCUT2D eigenvalue weighted by Gasteiger charge is -2.38. The third kappa shape index (κ3) is 3.13. The minimum atomic E-state index is -0.202. The van der Waals surface area contributed by atoms with E-state index in [4.69, 9.17) is 20.7 Å². The number of fused-ring (bicyclic) bond motifs is 6. The zero-order valence-electron chi connectivity index (χ0n) is 20.9. The Morgan fingerprint density at radius 3 is 2.63 bits per heavy atom. The fraction of sp³-hybridized carbons (Fsp3) is 0.156. The maximum atomic E-state index is 6.67. The first-order chi connectivity index (χ1) is 18.7. The van der Waals surface area contributed by atoms with Gasteiger partial charge in [-0.1, -0.05) is 42.5 Å². The predicted octanol–water partition coefficient (Wildman–Crippen LogP) is 6.63. The molecule has 3 aliphatic rings. The molecule has 8 rings (SSSR count). The lowest BCUT2D eigenvalue weighted by Crippen LogP contribution is -2.43. The molecule has 184 valence electrons. The third-order valence-electron chi connectivity index (χ3n) is 8.19. The van der Waals surface area contributed by atoms with Gasteiger partial charge in [0.2, 0.25) is 0 Å². The fourth-order valence-corrected chi connectivity index (χ4v) is 5.96. The molecule has 3 aromatic heterocycles. The Labute approximate surface area is 220 Å². The molecule has 3 N–H and O–H groups in total. The molecule has 2 aromatic carbocycles. The van der Waals surface area contributed by atoms with Crippen molar-refractivity contribution in [2.45, 2.75) is 31.2 Å². The van der Waals surface area contributed by atoms with Crippen LogP contribution in [0.2, 0.25) is 0 Å². The number of aromatic nitrogens is 4. The van der Waals surface area contributed by atoms with Crippen molar-refractivity contribution in [3.05, 3.63) is 102 Å². The second-order valence-corrected chi connectivity index (χ2v) is 10.5. The van der Waals surface area contributed by atoms with Gasteiger partial charge in [-0.15, -0.1) is 0 Å². The minimum absolute atomic E-state index is 0.202. The number of hydrogen-bond donors (Lipinski definition) is 2. The SMILES string of the molecule is NC1(c2ccc(-c3c(-c4cnc5c(c4)CC=C5)nc4n3-c3cccnc3Nc3ccccc3-4)cc2)CCC1. The van der Waals surface area contributed by atoms with Crippen LogP contribution in [0.3, 0.4) is 0 Å². The molecule has 1 fully saturated rings. The zero-order valence-corrected chi connectivity index (χ0v) is 20.9. The van der Waals surface area contributed by atoms with E-state index >= 15 is 0 Å². The van der Waals surface area contributed by atoms with Gasteiger partial charge in [-0.25, -0.2) is 9.97 Å². The van der Waals surface area contributed by atoms with Gasteiger partial charge in [0.05, 0.1) is 28.5 Å². The molecule has 0 amide bonds. The molecule has 38 heavy (non-hydrogen) atoms. The van der Waals surface area contributed by atoms with E-state index in [0.29, 0.717) is 0 Å². The van der Waals surface area contributed by atoms with Crippen molar-refractivity contribution in [2.75, 3.05) is 5.32 Å². The molecule has 0 unspecified atom stereocenters. The molecule has 2 aliphatic carbocycles. The quantitative estimate of drug-likeness (QED) is 0.289. The molecule has 0 bridgehead atoms. The first kappa shape index (κ1) is 21.5. The van der Waals surface area contributed by atoms with Crippen LogP contribution in [0.4, 0.5) is 11.5 Å². The average Bonchev–Trinajstić information content (AvgIpc) is 3.54. The van der Waals surface area contributed by atoms with Crippen LogP contribution < -0.4 is 11.1 Å². The lowest BCUT2D eigenvalue weighted by molar-refractivity contribution is 0.253. The van der Waals surface area contributed by atoms with E-state index < -0.39 is 0 Å². The van der Waals surface area contributed by atoms with Gasteiger partial charge in [-0.2, -0.15) is 0 Å². The molecular weight excluding hydrogens is 468 g/mol. The van der Waals surface area contributed by atoms with Gasteiger partial charge in [-0.05, 0) is 73.2 Å². The molecular formula is C32H26N6. The summed E-state index contributed by atoms with van der Waals surface area (Å²) >= 11 is 0. The van der Waals surface area contributed by atoms with Gasteiger partial charge < -0.3 is 11.1 Å². The maximum absolute atomic E-state index is 6.67. The lowest BCUT2D eigenvalue weighted by atomic mass is 9.72. The highest BCUT2D eigenvalue weighted by Crippen LogP contribution is 2.45. The molecule has 0 saturated heterocycles. The second kappa shape index (κ2) is 7.97. The number of imidazole rings is 1. The molecule has 0 radical (unpaired) electrons. The van der Waals surface area contributed by atoms with Crippen LogP contribution in [-0.2, 0) is 12.0 Å². The van der Waals surface area contributed by atoms with Crippen LogP contribution in [-0.4, -0.2) is 19.5 Å². The monoisotopic (exact) mass is 494 g/mol. The fourth-order valence-electron chi connectivity index (χ4n) is 5.96. The summed E-state index contributed by atoms with van der Waals surface area (Å²) in [7, 11) is 0. The van der Waals surface area contributed by atoms with Crippen LogP contribution in [0.15, 0.2) is 85.2 Å². The van der Waals surface area contributed by atoms with Crippen molar-refractivity contribution in [1.82, 2.24) is 19.5 Å². The van der Waals surface area contributed by atoms with Gasteiger partial charge in [0, 0.05) is 34.6 Å². The van der Waals surface area contributed by atoms with Gasteiger partial charge in [0.15, 0.2) is 5.82 Å². The van der Waals surface area contributed by atoms with E-state index in [1.165, 1.54) is 17.5 Å². The van der Waals surface area contributed by atoms with E-state index in [1.54, 1.807) is 0 Å². The minimum Gasteiger partial charge on any atom is -0.338 e. The Morgan fingerprint density at radius 1 is 0.921 bits per heavy atom. The normalized spacial score (nSPS) is 15.9. The van der Waals surface area contributed by atoms with Crippen molar-refractivity contribution in [1.29, 1.82) is 0 Å². The molecule has 0 atom stereocenters. The maximum Gasteiger partial charge on any atom is 0.154 e. The summed E-state index contributed by atoms with van der Waals surface area (Å²) in [5.74, 6) is 1.68. The Hall–Kier alpha value is -4.55. The number of nitrogens with two attached hydrogens (primary N) is 1. The largest absolute Gasteiger partial charge is 0.338 e. The molecule has 1 aliphatic heterocycles. The van der Waals surface area contributed by atoms with Crippen molar-refractivity contribution in [3.63, 3.8) is 0 Å². The number of rotatable bonds is 3. The first-order valence-electron chi connectivity index (χ1n) is 13.2. The first-order valence-corrected chi connectivity index (χ1v) is 13.2. The number of pyridine rings is 2. The van der Waals surface area contributed by atoms with Crippen LogP contribution in [0.1, 0.15) is 36.1 Å². The number of anilines is 2. The van der Waals surface area contributed by atoms with Crippen molar-refractivity contribution >= 4 is 17.6 Å². The standard InChI is InChI=1S/C32H26N6/c33-32(15-5-16-32)23-13-11-20(12-14-23)29-28(22-18-21-6-3-9-25(21)35-19-22)37-31-24-7-1-2-8-26(24)36-30-27(38(29)31)10-4-17-34-30/h1-4,7-14,17-19H,5-6,15-16,33H2,(H,34,36). The molecule has 6 heteroatoms. The molecule has 4 heterocycles. The van der Waals surface area contributed by atoms with Crippen LogP contribution in [0, 0.1) is 0 Å². The van der Waals surface area contributed by atoms with E-state index in [1.807, 2.05) is 24.5 Å². The predicted molar refractivity (Wildman–Crippen MR) is 151 cm³/mol. The topological polar surface area (TPSA) is 81.7 Å². The second-order valence-electron chi connectivity index (χ2n) is 10.5. The Morgan fingerprint density at radius 2 is 1.79 bits per heavy atom. The van der Waals surface area contributed by atoms with E-state index in [0.717, 1.165) is 76.1 Å². The third-order valence-corrected chi connectivity index (χ3v) is 8.19. The summed E-state index contributed by atoms with van der Waals surface area (Å²) < 4.78 is 2.25. The Kier molecular flexibility index (Phi) is 4.52. The number of nitrogens with one attached hydrogen (secondary N) is 1. The summed E-state index contributed by atoms with van der Waals surface area (Å²) in [5, 5.41) is 3.54. The van der Waals surface area contributed by atoms with Gasteiger partial charge >= 0.3 is 0 Å². The van der Waals surface area contributed by atoms with E-state index in [9.17, 15) is 0 Å². The molecule has 5 aromatic rings. The zero-order chi connectivity index (χ0) is 25.3. The van der Waals surface area contributed by atoms with Gasteiger partial charge in [0.25, 0.3) is 0 Å². The molecule has 0 spiro atoms. The highest BCUT2D eigenvalue weighted by Gasteiger charge is 2.34. The highest BCUT2D eigenvalue weighted by molar-refractivity contribution is 5.91. The van der Waals surface area contributed by atoms with Crippen LogP contribution in [0.25, 0.3) is 45.7 Å². The average molecular weight is 495 g/mol.